The molecule has 0 radical (unpaired) electrons. The molecule has 0 aromatic heterocycles. The van der Waals surface area contributed by atoms with Gasteiger partial charge in [0.05, 0.1) is 27.9 Å². The zero-order chi connectivity index (χ0) is 32.5. The molecule has 0 unspecified atom stereocenters. The van der Waals surface area contributed by atoms with E-state index in [0.717, 1.165) is 21.8 Å². The summed E-state index contributed by atoms with van der Waals surface area (Å²) in [6.07, 6.45) is 1.86. The van der Waals surface area contributed by atoms with E-state index in [2.05, 4.69) is 188 Å². The summed E-state index contributed by atoms with van der Waals surface area (Å²) in [6, 6.07) is 57.8. The summed E-state index contributed by atoms with van der Waals surface area (Å²) in [5, 5.41) is 0. The average Bonchev–Trinajstić information content (AvgIpc) is 3.14. The predicted octanol–water partition coefficient (Wildman–Crippen LogP) is 11.9. The Balaban J connectivity index is 1.39. The zero-order valence-corrected chi connectivity index (χ0v) is 29.7. The van der Waals surface area contributed by atoms with Crippen molar-refractivity contribution in [3.8, 4) is 0 Å². The molecule has 7 aromatic carbocycles. The van der Waals surface area contributed by atoms with Gasteiger partial charge in [-0.1, -0.05) is 159 Å². The van der Waals surface area contributed by atoms with Crippen molar-refractivity contribution >= 4 is 48.9 Å². The smallest absolute Gasteiger partial charge is 0.0747 e. The van der Waals surface area contributed by atoms with Gasteiger partial charge in [-0.05, 0) is 104 Å². The van der Waals surface area contributed by atoms with Crippen LogP contribution in [0.2, 0.25) is 0 Å². The van der Waals surface area contributed by atoms with Gasteiger partial charge < -0.3 is 4.90 Å². The summed E-state index contributed by atoms with van der Waals surface area (Å²) < 4.78 is 2.15. The van der Waals surface area contributed by atoms with Crippen molar-refractivity contribution in [2.75, 3.05) is 4.90 Å². The van der Waals surface area contributed by atoms with Crippen molar-refractivity contribution in [1.29, 1.82) is 0 Å². The number of nitrogens with zero attached hydrogens (tertiary/aromatic N) is 1. The molecule has 3 heteroatoms. The van der Waals surface area contributed by atoms with E-state index in [-0.39, 0.29) is 0 Å². The summed E-state index contributed by atoms with van der Waals surface area (Å²) in [5.74, 6) is 0. The average molecular weight is 756 g/mol. The summed E-state index contributed by atoms with van der Waals surface area (Å²) in [6.45, 7) is 0. The highest BCUT2D eigenvalue weighted by Crippen LogP contribution is 2.67. The fourth-order valence-corrected chi connectivity index (χ4v) is 10.8. The highest BCUT2D eigenvalue weighted by atomic mass is 79.9. The highest BCUT2D eigenvalue weighted by Gasteiger charge is 2.56. The topological polar surface area (TPSA) is 3.24 Å². The van der Waals surface area contributed by atoms with Crippen LogP contribution in [0.25, 0.3) is 0 Å². The lowest BCUT2D eigenvalue weighted by atomic mass is 9.53. The molecule has 0 N–H and O–H groups in total. The van der Waals surface area contributed by atoms with Gasteiger partial charge in [-0.3, -0.25) is 0 Å². The van der Waals surface area contributed by atoms with E-state index in [4.69, 9.17) is 0 Å². The van der Waals surface area contributed by atoms with Crippen molar-refractivity contribution < 1.29 is 0 Å². The molecule has 1 nitrogen and oxygen atoms in total. The molecule has 232 valence electrons. The van der Waals surface area contributed by atoms with E-state index in [0.29, 0.717) is 0 Å². The Bertz CT molecular complexity index is 2300. The molecule has 4 aliphatic rings. The van der Waals surface area contributed by atoms with Crippen molar-refractivity contribution in [3.05, 3.63) is 227 Å². The predicted molar refractivity (Wildman–Crippen MR) is 206 cm³/mol. The van der Waals surface area contributed by atoms with Gasteiger partial charge in [-0.2, -0.15) is 0 Å². The molecule has 7 aromatic rings. The standard InChI is InChI=1S/C46H29Br2N/c47-32-20-22-38-42(26-32)49-43-27-33(48)21-23-39(43)46(36-16-7-3-12-30(36)25-31-13-4-8-17-37(31)46)41-19-9-18-40(44(41)49)45(38)34-14-5-1-10-28(34)24-29-11-2-6-15-35(29)45/h1-23,26-27H,24-25H2. The lowest BCUT2D eigenvalue weighted by Gasteiger charge is -2.55. The van der Waals surface area contributed by atoms with Gasteiger partial charge in [0.15, 0.2) is 0 Å². The lowest BCUT2D eigenvalue weighted by molar-refractivity contribution is 0.658. The maximum atomic E-state index is 3.93. The molecule has 49 heavy (non-hydrogen) atoms. The van der Waals surface area contributed by atoms with Gasteiger partial charge in [0.2, 0.25) is 0 Å². The molecule has 0 saturated heterocycles. The first-order valence-electron chi connectivity index (χ1n) is 17.0. The zero-order valence-electron chi connectivity index (χ0n) is 26.6. The van der Waals surface area contributed by atoms with E-state index in [1.54, 1.807) is 0 Å². The summed E-state index contributed by atoms with van der Waals surface area (Å²) in [4.78, 5) is 2.58. The highest BCUT2D eigenvalue weighted by molar-refractivity contribution is 9.10. The Morgan fingerprint density at radius 2 is 0.714 bits per heavy atom. The maximum Gasteiger partial charge on any atom is 0.0747 e. The number of para-hydroxylation sites is 1. The minimum Gasteiger partial charge on any atom is -0.309 e. The normalized spacial score (nSPS) is 16.1. The third-order valence-electron chi connectivity index (χ3n) is 11.7. The second-order valence-electron chi connectivity index (χ2n) is 13.8. The van der Waals surface area contributed by atoms with Crippen LogP contribution < -0.4 is 4.90 Å². The first-order chi connectivity index (χ1) is 24.1. The summed E-state index contributed by atoms with van der Waals surface area (Å²) in [5.41, 5.74) is 19.1. The molecule has 2 spiro atoms. The second-order valence-corrected chi connectivity index (χ2v) is 15.7. The molecule has 2 heterocycles. The second kappa shape index (κ2) is 9.94. The minimum absolute atomic E-state index is 0.498. The van der Waals surface area contributed by atoms with Gasteiger partial charge in [-0.25, -0.2) is 0 Å². The number of benzene rings is 7. The minimum atomic E-state index is -0.498. The number of hydrogen-bond acceptors (Lipinski definition) is 1. The Labute approximate surface area is 303 Å². The molecule has 2 aliphatic carbocycles. The SMILES string of the molecule is Brc1ccc2c(c1)N1c3cc(Br)ccc3C3(c4ccccc4Cc4ccccc43)c3cccc(c31)C21c2ccccc2Cc2ccccc21. The van der Waals surface area contributed by atoms with Crippen molar-refractivity contribution in [2.45, 2.75) is 23.7 Å². The van der Waals surface area contributed by atoms with Crippen LogP contribution in [-0.2, 0) is 23.7 Å². The van der Waals surface area contributed by atoms with Crippen LogP contribution in [0.1, 0.15) is 66.8 Å². The van der Waals surface area contributed by atoms with Crippen molar-refractivity contribution in [3.63, 3.8) is 0 Å². The Morgan fingerprint density at radius 1 is 0.367 bits per heavy atom. The molecule has 0 saturated carbocycles. The van der Waals surface area contributed by atoms with Crippen LogP contribution in [-0.4, -0.2) is 0 Å². The van der Waals surface area contributed by atoms with Crippen LogP contribution in [0.4, 0.5) is 17.1 Å². The van der Waals surface area contributed by atoms with Gasteiger partial charge in [0.25, 0.3) is 0 Å². The van der Waals surface area contributed by atoms with E-state index >= 15 is 0 Å². The Kier molecular flexibility index (Phi) is 5.71. The molecular formula is C46H29Br2N. The van der Waals surface area contributed by atoms with Crippen LogP contribution in [0.5, 0.6) is 0 Å². The summed E-state index contributed by atoms with van der Waals surface area (Å²) >= 11 is 7.86. The Morgan fingerprint density at radius 3 is 1.10 bits per heavy atom. The first-order valence-corrected chi connectivity index (χ1v) is 18.6. The number of halogens is 2. The van der Waals surface area contributed by atoms with Crippen molar-refractivity contribution in [1.82, 2.24) is 0 Å². The van der Waals surface area contributed by atoms with Crippen LogP contribution >= 0.6 is 31.9 Å². The lowest BCUT2D eigenvalue weighted by Crippen LogP contribution is -2.46. The molecule has 0 fully saturated rings. The van der Waals surface area contributed by atoms with Gasteiger partial charge in [-0.15, -0.1) is 0 Å². The quantitative estimate of drug-likeness (QED) is 0.149. The third-order valence-corrected chi connectivity index (χ3v) is 12.7. The molecule has 0 atom stereocenters. The van der Waals surface area contributed by atoms with Gasteiger partial charge >= 0.3 is 0 Å². The molecule has 11 rings (SSSR count). The summed E-state index contributed by atoms with van der Waals surface area (Å²) in [7, 11) is 0. The largest absolute Gasteiger partial charge is 0.309 e. The fourth-order valence-electron chi connectivity index (χ4n) is 10.1. The van der Waals surface area contributed by atoms with Gasteiger partial charge in [0, 0.05) is 8.95 Å². The van der Waals surface area contributed by atoms with E-state index in [1.807, 2.05) is 0 Å². The van der Waals surface area contributed by atoms with E-state index < -0.39 is 10.8 Å². The van der Waals surface area contributed by atoms with E-state index in [9.17, 15) is 0 Å². The van der Waals surface area contributed by atoms with Crippen LogP contribution in [0, 0.1) is 0 Å². The number of fused-ring (bicyclic) bond motifs is 16. The van der Waals surface area contributed by atoms with Crippen molar-refractivity contribution in [2.24, 2.45) is 0 Å². The third kappa shape index (κ3) is 3.40. The van der Waals surface area contributed by atoms with E-state index in [1.165, 1.54) is 83.8 Å². The molecule has 0 bridgehead atoms. The van der Waals surface area contributed by atoms with Crippen LogP contribution in [0.15, 0.2) is 161 Å². The molecule has 2 aliphatic heterocycles. The fraction of sp³-hybridized carbons (Fsp3) is 0.0870. The molecular weight excluding hydrogens is 726 g/mol. The monoisotopic (exact) mass is 753 g/mol. The van der Waals surface area contributed by atoms with Crippen LogP contribution in [0.3, 0.4) is 0 Å². The number of hydrogen-bond donors (Lipinski definition) is 0. The maximum absolute atomic E-state index is 3.93. The Hall–Kier alpha value is -4.70. The number of rotatable bonds is 0. The number of anilines is 3. The van der Waals surface area contributed by atoms with Gasteiger partial charge in [0.1, 0.15) is 0 Å². The molecule has 0 amide bonds. The first kappa shape index (κ1) is 28.2.